The van der Waals surface area contributed by atoms with E-state index < -0.39 is 0 Å². The minimum Gasteiger partial charge on any atom is -1.00 e. The molecule has 0 aliphatic heterocycles. The van der Waals surface area contributed by atoms with Gasteiger partial charge < -0.3 is 24.8 Å². The summed E-state index contributed by atoms with van der Waals surface area (Å²) in [5, 5.41) is 0. The number of halogens is 2. The normalized spacial score (nSPS) is 16.4. The van der Waals surface area contributed by atoms with Crippen molar-refractivity contribution in [2.24, 2.45) is 0 Å². The smallest absolute Gasteiger partial charge is 1.00 e. The minimum absolute atomic E-state index is 0. The first kappa shape index (κ1) is 37.0. The van der Waals surface area contributed by atoms with E-state index in [0.29, 0.717) is 11.8 Å². The van der Waals surface area contributed by atoms with E-state index >= 15 is 0 Å². The molecule has 4 aromatic rings. The molecule has 0 aromatic heterocycles. The molecule has 0 nitrogen and oxygen atoms in total. The third-order valence-electron chi connectivity index (χ3n) is 6.97. The van der Waals surface area contributed by atoms with E-state index in [1.807, 2.05) is 12.1 Å². The van der Waals surface area contributed by atoms with Crippen LogP contribution in [0.25, 0.3) is 12.2 Å². The average Bonchev–Trinajstić information content (AvgIpc) is 3.76. The Hall–Kier alpha value is -2.18. The van der Waals surface area contributed by atoms with Crippen molar-refractivity contribution in [2.75, 3.05) is 0 Å². The van der Waals surface area contributed by atoms with Gasteiger partial charge in [-0.05, 0) is 85.5 Å². The van der Waals surface area contributed by atoms with Crippen LogP contribution in [-0.2, 0) is 26.2 Å². The van der Waals surface area contributed by atoms with E-state index in [-0.39, 0.29) is 51.0 Å². The van der Waals surface area contributed by atoms with Gasteiger partial charge in [-0.1, -0.05) is 146 Å². The van der Waals surface area contributed by atoms with Gasteiger partial charge in [0.25, 0.3) is 0 Å². The number of hydrogen-bond acceptors (Lipinski definition) is 0. The third-order valence-corrected chi connectivity index (χ3v) is 6.97. The van der Waals surface area contributed by atoms with Crippen molar-refractivity contribution in [1.82, 2.24) is 0 Å². The first-order chi connectivity index (χ1) is 19.9. The molecule has 0 saturated heterocycles. The zero-order valence-electron chi connectivity index (χ0n) is 23.9. The molecule has 4 aromatic carbocycles. The van der Waals surface area contributed by atoms with Crippen molar-refractivity contribution in [3.63, 3.8) is 0 Å². The molecular formula is C40H34Cl2Zr. The molecule has 2 aliphatic carbocycles. The summed E-state index contributed by atoms with van der Waals surface area (Å²) in [4.78, 5) is 0. The van der Waals surface area contributed by atoms with E-state index in [1.54, 1.807) is 0 Å². The predicted octanol–water partition coefficient (Wildman–Crippen LogP) is 3.78. The second-order valence-corrected chi connectivity index (χ2v) is 9.75. The van der Waals surface area contributed by atoms with Crippen molar-refractivity contribution in [3.05, 3.63) is 219 Å². The van der Waals surface area contributed by atoms with Crippen molar-refractivity contribution in [3.8, 4) is 0 Å². The maximum Gasteiger partial charge on any atom is 2.00 e. The van der Waals surface area contributed by atoms with Crippen molar-refractivity contribution in [2.45, 2.75) is 11.8 Å². The van der Waals surface area contributed by atoms with Crippen LogP contribution in [0.2, 0.25) is 0 Å². The Labute approximate surface area is 292 Å². The first-order valence-electron chi connectivity index (χ1n) is 13.9. The molecule has 2 atom stereocenters. The van der Waals surface area contributed by atoms with Crippen molar-refractivity contribution >= 4 is 12.2 Å². The summed E-state index contributed by atoms with van der Waals surface area (Å²) < 4.78 is 0. The Morgan fingerprint density at radius 1 is 0.372 bits per heavy atom. The first-order valence-corrected chi connectivity index (χ1v) is 13.9. The fourth-order valence-electron chi connectivity index (χ4n) is 4.89. The number of allylic oxidation sites excluding steroid dienone is 2. The second-order valence-electron chi connectivity index (χ2n) is 9.75. The Kier molecular flexibility index (Phi) is 17.8. The molecule has 0 bridgehead atoms. The predicted molar refractivity (Wildman–Crippen MR) is 170 cm³/mol. The van der Waals surface area contributed by atoms with Crippen molar-refractivity contribution in [1.29, 1.82) is 0 Å². The summed E-state index contributed by atoms with van der Waals surface area (Å²) in [6.45, 7) is 0. The Morgan fingerprint density at radius 2 is 0.651 bits per heavy atom. The van der Waals surface area contributed by atoms with Gasteiger partial charge in [-0.15, -0.1) is 0 Å². The van der Waals surface area contributed by atoms with Crippen LogP contribution in [0.3, 0.4) is 0 Å². The molecule has 3 heteroatoms. The monoisotopic (exact) mass is 674 g/mol. The molecular weight excluding hydrogens is 643 g/mol. The third kappa shape index (κ3) is 11.7. The van der Waals surface area contributed by atoms with Crippen LogP contribution >= 0.6 is 0 Å². The molecule has 43 heavy (non-hydrogen) atoms. The molecule has 0 N–H and O–H groups in total. The molecule has 10 radical (unpaired) electrons. The maximum absolute atomic E-state index is 2.28. The van der Waals surface area contributed by atoms with E-state index in [4.69, 9.17) is 0 Å². The zero-order chi connectivity index (χ0) is 27.2. The topological polar surface area (TPSA) is 0 Å². The van der Waals surface area contributed by atoms with Gasteiger partial charge in [-0.2, -0.15) is 0 Å². The summed E-state index contributed by atoms with van der Waals surface area (Å²) in [5.41, 5.74) is 5.12. The second kappa shape index (κ2) is 20.7. The molecule has 0 amide bonds. The van der Waals surface area contributed by atoms with Gasteiger partial charge in [0, 0.05) is 11.8 Å². The molecule has 212 valence electrons. The summed E-state index contributed by atoms with van der Waals surface area (Å²) in [6, 6.07) is 42.1. The van der Waals surface area contributed by atoms with E-state index in [1.165, 1.54) is 34.1 Å². The number of benzene rings is 4. The van der Waals surface area contributed by atoms with E-state index in [9.17, 15) is 0 Å². The Bertz CT molecular complexity index is 1190. The molecule has 2 fully saturated rings. The standard InChI is InChI=1S/2C20H17.2ClH.Zr/c2*1-3-9-17(10-4-1)15-16-20(19-13-7-8-14-19)18-11-5-2-6-12-18;;;/h2*1-16,20H;2*1H;/q;;;;+2/p-2/b2*16-15+;;;. The van der Waals surface area contributed by atoms with Crippen molar-refractivity contribution < 1.29 is 51.0 Å². The summed E-state index contributed by atoms with van der Waals surface area (Å²) in [7, 11) is 0. The minimum atomic E-state index is 0. The molecule has 2 unspecified atom stereocenters. The fraction of sp³-hybridized carbons (Fsp3) is 0.0500. The van der Waals surface area contributed by atoms with Gasteiger partial charge in [0.2, 0.25) is 0 Å². The molecule has 0 heterocycles. The van der Waals surface area contributed by atoms with Gasteiger partial charge in [0.15, 0.2) is 0 Å². The van der Waals surface area contributed by atoms with Gasteiger partial charge >= 0.3 is 26.2 Å². The quantitative estimate of drug-likeness (QED) is 0.267. The van der Waals surface area contributed by atoms with Gasteiger partial charge in [0.1, 0.15) is 0 Å². The van der Waals surface area contributed by atoms with Crippen LogP contribution in [0.1, 0.15) is 34.1 Å². The summed E-state index contributed by atoms with van der Waals surface area (Å²) in [6.07, 6.45) is 26.1. The fourth-order valence-corrected chi connectivity index (χ4v) is 4.89. The van der Waals surface area contributed by atoms with Crippen LogP contribution in [0.15, 0.2) is 133 Å². The van der Waals surface area contributed by atoms with Gasteiger partial charge in [-0.3, -0.25) is 0 Å². The van der Waals surface area contributed by atoms with Crippen LogP contribution in [0, 0.1) is 63.2 Å². The molecule has 2 aliphatic rings. The Morgan fingerprint density at radius 3 is 0.953 bits per heavy atom. The van der Waals surface area contributed by atoms with Gasteiger partial charge in [-0.25, -0.2) is 0 Å². The molecule has 0 spiro atoms. The summed E-state index contributed by atoms with van der Waals surface area (Å²) in [5.74, 6) is 3.30. The number of hydrogen-bond donors (Lipinski definition) is 0. The van der Waals surface area contributed by atoms with Crippen LogP contribution in [0.5, 0.6) is 0 Å². The van der Waals surface area contributed by atoms with E-state index in [2.05, 4.69) is 185 Å². The van der Waals surface area contributed by atoms with Crippen LogP contribution < -0.4 is 24.8 Å². The zero-order valence-corrected chi connectivity index (χ0v) is 27.9. The van der Waals surface area contributed by atoms with Crippen LogP contribution in [-0.4, -0.2) is 0 Å². The maximum atomic E-state index is 2.28. The van der Waals surface area contributed by atoms with Crippen LogP contribution in [0.4, 0.5) is 0 Å². The molecule has 2 saturated carbocycles. The van der Waals surface area contributed by atoms with Gasteiger partial charge in [0.05, 0.1) is 0 Å². The average molecular weight is 677 g/mol. The molecule has 6 rings (SSSR count). The van der Waals surface area contributed by atoms with E-state index in [0.717, 1.165) is 0 Å². The SMILES string of the molecule is [CH]1[CH][CH][C](C(/C=C/c2ccccc2)c2ccccc2)[CH]1.[CH]1[CH][CH][C](C(/C=C/c2ccccc2)c2ccccc2)[CH]1.[Cl-].[Cl-].[Zr+2]. The Balaban J connectivity index is 0.000000281. The largest absolute Gasteiger partial charge is 2.00 e. The number of rotatable bonds is 8. The summed E-state index contributed by atoms with van der Waals surface area (Å²) >= 11 is 0.